The molecule has 0 amide bonds. The molecule has 36 heavy (non-hydrogen) atoms. The maximum absolute atomic E-state index is 13.2. The van der Waals surface area contributed by atoms with Gasteiger partial charge in [0.2, 0.25) is 10.9 Å². The lowest BCUT2D eigenvalue weighted by molar-refractivity contribution is 0.0958. The first-order valence-electron chi connectivity index (χ1n) is 11.9. The number of ether oxygens (including phenoxy) is 3. The number of piperidine rings is 1. The molecular weight excluding hydrogens is 506 g/mol. The molecule has 1 fully saturated rings. The number of halogens is 1. The minimum absolute atomic E-state index is 0.0407. The van der Waals surface area contributed by atoms with Gasteiger partial charge in [0.05, 0.1) is 30.5 Å². The summed E-state index contributed by atoms with van der Waals surface area (Å²) >= 11 is 6.24. The Morgan fingerprint density at radius 3 is 2.39 bits per heavy atom. The van der Waals surface area contributed by atoms with Gasteiger partial charge in [-0.1, -0.05) is 11.6 Å². The summed E-state index contributed by atoms with van der Waals surface area (Å²) in [7, 11) is 0.606. The van der Waals surface area contributed by atoms with Crippen LogP contribution in [0.5, 0.6) is 17.2 Å². The number of Topliss-reactive ketones (excluding diaryl/α,β-unsaturated/α-hetero) is 1. The van der Waals surface area contributed by atoms with Crippen molar-refractivity contribution in [3.63, 3.8) is 0 Å². The third-order valence-electron chi connectivity index (χ3n) is 6.36. The van der Waals surface area contributed by atoms with E-state index in [4.69, 9.17) is 31.5 Å². The number of nitrogens with zero attached hydrogens (tertiary/aromatic N) is 1. The van der Waals surface area contributed by atoms with Crippen molar-refractivity contribution in [2.45, 2.75) is 32.3 Å². The number of carbonyl (C=O) groups is 1. The molecule has 2 aromatic rings. The van der Waals surface area contributed by atoms with Crippen molar-refractivity contribution in [3.05, 3.63) is 46.5 Å². The fourth-order valence-electron chi connectivity index (χ4n) is 4.29. The Bertz CT molecular complexity index is 1090. The number of carbonyl (C=O) groups excluding carboxylic acids is 1. The number of ketones is 1. The van der Waals surface area contributed by atoms with Crippen molar-refractivity contribution < 1.29 is 27.4 Å². The fraction of sp³-hybridized carbons (Fsp3) is 0.480. The molecule has 0 bridgehead atoms. The van der Waals surface area contributed by atoms with Crippen LogP contribution in [0.2, 0.25) is 5.02 Å². The molecular formula is C25H34ClN3O6S. The molecule has 0 radical (unpaired) electrons. The predicted octanol–water partition coefficient (Wildman–Crippen LogP) is 3.31. The summed E-state index contributed by atoms with van der Waals surface area (Å²) in [6.45, 7) is 3.09. The van der Waals surface area contributed by atoms with Crippen molar-refractivity contribution in [1.29, 1.82) is 0 Å². The quantitative estimate of drug-likeness (QED) is 0.201. The van der Waals surface area contributed by atoms with Crippen molar-refractivity contribution in [2.75, 3.05) is 46.1 Å². The number of rotatable bonds is 13. The molecule has 0 unspecified atom stereocenters. The molecule has 0 aromatic heterocycles. The van der Waals surface area contributed by atoms with Crippen molar-refractivity contribution in [2.24, 2.45) is 5.92 Å². The number of hydrogen-bond acceptors (Lipinski definition) is 8. The maximum atomic E-state index is 13.2. The first kappa shape index (κ1) is 28.0. The summed E-state index contributed by atoms with van der Waals surface area (Å²) in [5, 5.41) is 0.315. The number of anilines is 1. The summed E-state index contributed by atoms with van der Waals surface area (Å²) < 4.78 is 40.3. The van der Waals surface area contributed by atoms with Crippen LogP contribution in [0.1, 0.15) is 41.6 Å². The molecule has 0 aliphatic carbocycles. The van der Waals surface area contributed by atoms with Gasteiger partial charge in [-0.25, -0.2) is 13.1 Å². The molecule has 2 aromatic carbocycles. The SMILES string of the molecule is COc1cc(COc2cc(N)c(Cl)cc2C(=O)CCC2CCN(CCN[SH](=O)=O)CC2)cc(OC)c1. The van der Waals surface area contributed by atoms with E-state index in [1.807, 2.05) is 12.1 Å². The molecule has 1 aliphatic heterocycles. The van der Waals surface area contributed by atoms with Gasteiger partial charge in [-0.05, 0) is 62.0 Å². The van der Waals surface area contributed by atoms with Gasteiger partial charge in [0.25, 0.3) is 0 Å². The summed E-state index contributed by atoms with van der Waals surface area (Å²) in [4.78, 5) is 15.4. The van der Waals surface area contributed by atoms with E-state index in [1.54, 1.807) is 32.4 Å². The monoisotopic (exact) mass is 539 g/mol. The second-order valence-electron chi connectivity index (χ2n) is 8.79. The van der Waals surface area contributed by atoms with E-state index in [1.165, 1.54) is 0 Å². The number of thiol groups is 1. The number of nitrogens with one attached hydrogen (secondary N) is 1. The number of nitrogens with two attached hydrogens (primary N) is 1. The zero-order valence-corrected chi connectivity index (χ0v) is 22.3. The highest BCUT2D eigenvalue weighted by atomic mass is 35.5. The average Bonchev–Trinajstić information content (AvgIpc) is 2.88. The van der Waals surface area contributed by atoms with Crippen LogP contribution in [-0.2, 0) is 17.5 Å². The zero-order chi connectivity index (χ0) is 26.1. The topological polar surface area (TPSA) is 120 Å². The van der Waals surface area contributed by atoms with E-state index in [2.05, 4.69) is 9.62 Å². The van der Waals surface area contributed by atoms with E-state index in [0.717, 1.165) is 37.9 Å². The Hall–Kier alpha value is -2.53. The minimum atomic E-state index is -2.55. The Balaban J connectivity index is 1.59. The molecule has 0 atom stereocenters. The highest BCUT2D eigenvalue weighted by Crippen LogP contribution is 2.32. The third kappa shape index (κ3) is 8.26. The summed E-state index contributed by atoms with van der Waals surface area (Å²) in [6.07, 6.45) is 3.10. The lowest BCUT2D eigenvalue weighted by Gasteiger charge is -2.31. The van der Waals surface area contributed by atoms with Crippen LogP contribution >= 0.6 is 11.6 Å². The lowest BCUT2D eigenvalue weighted by Crippen LogP contribution is -2.38. The van der Waals surface area contributed by atoms with Crippen LogP contribution < -0.4 is 24.7 Å². The van der Waals surface area contributed by atoms with Crippen molar-refractivity contribution in [1.82, 2.24) is 9.62 Å². The maximum Gasteiger partial charge on any atom is 0.201 e. The highest BCUT2D eigenvalue weighted by molar-refractivity contribution is 7.70. The summed E-state index contributed by atoms with van der Waals surface area (Å²) in [6, 6.07) is 8.63. The standard InChI is InChI=1S/C25H34ClN3O6S/c1-33-19-11-18(12-20(13-19)34-2)16-35-25-15-23(27)22(26)14-21(25)24(30)4-3-17-5-8-29(9-6-17)10-7-28-36(31)32/h11-15,17,36H,3-10,16,27H2,1-2H3,(H,28,31,32). The van der Waals surface area contributed by atoms with Crippen LogP contribution in [0, 0.1) is 5.92 Å². The predicted molar refractivity (Wildman–Crippen MR) is 141 cm³/mol. The fourth-order valence-corrected chi connectivity index (χ4v) is 4.73. The van der Waals surface area contributed by atoms with Crippen LogP contribution in [0.4, 0.5) is 5.69 Å². The van der Waals surface area contributed by atoms with Crippen LogP contribution in [0.15, 0.2) is 30.3 Å². The zero-order valence-electron chi connectivity index (χ0n) is 20.6. The third-order valence-corrected chi connectivity index (χ3v) is 7.17. The Morgan fingerprint density at radius 2 is 1.78 bits per heavy atom. The molecule has 198 valence electrons. The van der Waals surface area contributed by atoms with E-state index in [0.29, 0.717) is 59.0 Å². The van der Waals surface area contributed by atoms with Gasteiger partial charge in [0.15, 0.2) is 5.78 Å². The van der Waals surface area contributed by atoms with Gasteiger partial charge >= 0.3 is 0 Å². The largest absolute Gasteiger partial charge is 0.497 e. The number of benzene rings is 2. The van der Waals surface area contributed by atoms with E-state index >= 15 is 0 Å². The van der Waals surface area contributed by atoms with Crippen molar-refractivity contribution in [3.8, 4) is 17.2 Å². The number of likely N-dealkylation sites (tertiary alicyclic amines) is 1. The van der Waals surface area contributed by atoms with Crippen LogP contribution in [0.3, 0.4) is 0 Å². The highest BCUT2D eigenvalue weighted by Gasteiger charge is 2.22. The van der Waals surface area contributed by atoms with E-state index < -0.39 is 10.9 Å². The molecule has 0 saturated carbocycles. The van der Waals surface area contributed by atoms with Crippen molar-refractivity contribution >= 4 is 34.0 Å². The first-order chi connectivity index (χ1) is 17.3. The van der Waals surface area contributed by atoms with Gasteiger partial charge in [-0.3, -0.25) is 4.79 Å². The van der Waals surface area contributed by atoms with Gasteiger partial charge in [-0.2, -0.15) is 0 Å². The average molecular weight is 540 g/mol. The second-order valence-corrected chi connectivity index (χ2v) is 10.0. The number of nitrogen functional groups attached to an aromatic ring is 1. The molecule has 0 spiro atoms. The van der Waals surface area contributed by atoms with E-state index in [-0.39, 0.29) is 12.4 Å². The van der Waals surface area contributed by atoms with Crippen LogP contribution in [-0.4, -0.2) is 59.5 Å². The normalized spacial score (nSPS) is 14.7. The second kappa shape index (κ2) is 13.7. The van der Waals surface area contributed by atoms with Gasteiger partial charge in [-0.15, -0.1) is 0 Å². The van der Waals surface area contributed by atoms with Gasteiger partial charge in [0, 0.05) is 31.6 Å². The lowest BCUT2D eigenvalue weighted by atomic mass is 9.90. The smallest absolute Gasteiger partial charge is 0.201 e. The van der Waals surface area contributed by atoms with Gasteiger partial charge in [0.1, 0.15) is 23.9 Å². The summed E-state index contributed by atoms with van der Waals surface area (Å²) in [5.74, 6) is 2.07. The van der Waals surface area contributed by atoms with Crippen LogP contribution in [0.25, 0.3) is 0 Å². The minimum Gasteiger partial charge on any atom is -0.497 e. The number of hydrogen-bond donors (Lipinski definition) is 3. The Labute approximate surface area is 218 Å². The molecule has 3 N–H and O–H groups in total. The first-order valence-corrected chi connectivity index (χ1v) is 13.4. The molecule has 1 aliphatic rings. The van der Waals surface area contributed by atoms with Gasteiger partial charge < -0.3 is 24.8 Å². The number of methoxy groups -OCH3 is 2. The molecule has 1 heterocycles. The Kier molecular flexibility index (Phi) is 10.7. The Morgan fingerprint density at radius 1 is 1.11 bits per heavy atom. The molecule has 11 heteroatoms. The summed E-state index contributed by atoms with van der Waals surface area (Å²) in [5.41, 5.74) is 7.58. The molecule has 1 saturated heterocycles. The van der Waals surface area contributed by atoms with E-state index in [9.17, 15) is 13.2 Å². The molecule has 9 nitrogen and oxygen atoms in total. The molecule has 3 rings (SSSR count).